The van der Waals surface area contributed by atoms with Crippen LogP contribution in [0.2, 0.25) is 0 Å². The fourth-order valence-corrected chi connectivity index (χ4v) is 0.613. The molecule has 0 bridgehead atoms. The lowest BCUT2D eigenvalue weighted by Gasteiger charge is -2.05. The molecule has 0 saturated heterocycles. The maximum atomic E-state index is 8.94. The fraction of sp³-hybridized carbons (Fsp3) is 0.167. The molecule has 48 valence electrons. The average molecular weight is 125 g/mol. The van der Waals surface area contributed by atoms with E-state index in [9.17, 15) is 0 Å². The Morgan fingerprint density at radius 2 is 2.22 bits per heavy atom. The Hall–Kier alpha value is -1.09. The van der Waals surface area contributed by atoms with Gasteiger partial charge < -0.3 is 10.3 Å². The monoisotopic (exact) mass is 125 g/mol. The van der Waals surface area contributed by atoms with E-state index in [4.69, 9.17) is 10.3 Å². The van der Waals surface area contributed by atoms with Crippen molar-refractivity contribution in [3.05, 3.63) is 24.3 Å². The van der Waals surface area contributed by atoms with E-state index in [1.54, 1.807) is 18.2 Å². The fourth-order valence-electron chi connectivity index (χ4n) is 0.613. The van der Waals surface area contributed by atoms with Crippen LogP contribution in [0.4, 0.5) is 0 Å². The van der Waals surface area contributed by atoms with Crippen LogP contribution in [-0.2, 0) is 0 Å². The summed E-state index contributed by atoms with van der Waals surface area (Å²) in [6, 6.07) is 0. The molecular weight excluding hydrogens is 118 g/mol. The van der Waals surface area contributed by atoms with Crippen LogP contribution < -0.4 is 0 Å². The van der Waals surface area contributed by atoms with Gasteiger partial charge in [0.25, 0.3) is 0 Å². The molecule has 0 heterocycles. The van der Waals surface area contributed by atoms with Crippen molar-refractivity contribution in [2.45, 2.75) is 6.10 Å². The van der Waals surface area contributed by atoms with Crippen LogP contribution in [0.5, 0.6) is 0 Å². The van der Waals surface area contributed by atoms with E-state index >= 15 is 0 Å². The minimum Gasteiger partial charge on any atom is -0.411 e. The molecule has 0 aromatic carbocycles. The molecule has 0 spiro atoms. The number of aliphatic hydroxyl groups is 1. The van der Waals surface area contributed by atoms with E-state index in [1.807, 2.05) is 0 Å². The highest BCUT2D eigenvalue weighted by molar-refractivity contribution is 6.00. The van der Waals surface area contributed by atoms with Gasteiger partial charge in [0.15, 0.2) is 0 Å². The molecule has 1 aliphatic rings. The van der Waals surface area contributed by atoms with Crippen molar-refractivity contribution in [2.75, 3.05) is 0 Å². The smallest absolute Gasteiger partial charge is 0.118 e. The molecule has 0 fully saturated rings. The van der Waals surface area contributed by atoms with Crippen molar-refractivity contribution in [3.8, 4) is 0 Å². The lowest BCUT2D eigenvalue weighted by Crippen LogP contribution is -2.16. The van der Waals surface area contributed by atoms with Gasteiger partial charge in [-0.2, -0.15) is 0 Å². The van der Waals surface area contributed by atoms with Gasteiger partial charge in [-0.15, -0.1) is 0 Å². The molecule has 0 amide bonds. The molecule has 3 nitrogen and oxygen atoms in total. The Balaban J connectivity index is 2.78. The predicted molar refractivity (Wildman–Crippen MR) is 33.5 cm³/mol. The van der Waals surface area contributed by atoms with Gasteiger partial charge in [0, 0.05) is 0 Å². The van der Waals surface area contributed by atoms with Gasteiger partial charge in [0.05, 0.1) is 0 Å². The number of nitrogens with zero attached hydrogens (tertiary/aromatic N) is 1. The molecule has 1 rings (SSSR count). The van der Waals surface area contributed by atoms with Gasteiger partial charge in [0.2, 0.25) is 0 Å². The molecule has 0 saturated carbocycles. The van der Waals surface area contributed by atoms with Gasteiger partial charge in [0.1, 0.15) is 11.8 Å². The molecule has 1 aliphatic carbocycles. The number of hydrogen-bond donors (Lipinski definition) is 2. The zero-order chi connectivity index (χ0) is 6.69. The molecule has 2 N–H and O–H groups in total. The first-order valence-corrected chi connectivity index (χ1v) is 2.59. The van der Waals surface area contributed by atoms with Crippen LogP contribution in [-0.4, -0.2) is 22.1 Å². The molecule has 9 heavy (non-hydrogen) atoms. The first-order valence-electron chi connectivity index (χ1n) is 2.59. The third kappa shape index (κ3) is 1.17. The molecule has 0 aliphatic heterocycles. The Bertz CT molecular complexity index is 181. The summed E-state index contributed by atoms with van der Waals surface area (Å²) in [6.45, 7) is 0. The molecule has 0 aromatic rings. The van der Waals surface area contributed by atoms with Crippen molar-refractivity contribution in [1.29, 1.82) is 0 Å². The van der Waals surface area contributed by atoms with E-state index in [0.717, 1.165) is 0 Å². The number of hydrogen-bond acceptors (Lipinski definition) is 3. The Morgan fingerprint density at radius 1 is 1.44 bits per heavy atom. The number of allylic oxidation sites excluding steroid dienone is 2. The Labute approximate surface area is 52.6 Å². The molecule has 1 atom stereocenters. The SMILES string of the molecule is ON=C1C=CC=CC1O. The summed E-state index contributed by atoms with van der Waals surface area (Å²) in [4.78, 5) is 0. The van der Waals surface area contributed by atoms with Crippen molar-refractivity contribution < 1.29 is 10.3 Å². The van der Waals surface area contributed by atoms with Crippen LogP contribution in [0, 0.1) is 0 Å². The largest absolute Gasteiger partial charge is 0.411 e. The van der Waals surface area contributed by atoms with Gasteiger partial charge in [-0.1, -0.05) is 23.4 Å². The Morgan fingerprint density at radius 3 is 2.67 bits per heavy atom. The predicted octanol–water partition coefficient (Wildman–Crippen LogP) is 0.303. The van der Waals surface area contributed by atoms with E-state index in [0.29, 0.717) is 0 Å². The van der Waals surface area contributed by atoms with Crippen molar-refractivity contribution >= 4 is 5.71 Å². The van der Waals surface area contributed by atoms with E-state index < -0.39 is 6.10 Å². The minimum atomic E-state index is -0.750. The second-order valence-electron chi connectivity index (χ2n) is 1.71. The van der Waals surface area contributed by atoms with E-state index in [1.165, 1.54) is 6.08 Å². The zero-order valence-electron chi connectivity index (χ0n) is 4.73. The van der Waals surface area contributed by atoms with E-state index in [-0.39, 0.29) is 5.71 Å². The summed E-state index contributed by atoms with van der Waals surface area (Å²) in [5.41, 5.74) is 0.275. The first kappa shape index (κ1) is 6.04. The van der Waals surface area contributed by atoms with Gasteiger partial charge >= 0.3 is 0 Å². The van der Waals surface area contributed by atoms with Gasteiger partial charge in [-0.25, -0.2) is 0 Å². The second-order valence-corrected chi connectivity index (χ2v) is 1.71. The standard InChI is InChI=1S/C6H7NO2/c8-6-4-2-1-3-5(6)7-9/h1-4,6,8-9H. The zero-order valence-corrected chi connectivity index (χ0v) is 4.73. The van der Waals surface area contributed by atoms with Gasteiger partial charge in [-0.3, -0.25) is 0 Å². The summed E-state index contributed by atoms with van der Waals surface area (Å²) in [5, 5.41) is 20.0. The third-order valence-electron chi connectivity index (χ3n) is 1.09. The van der Waals surface area contributed by atoms with Crippen LogP contribution in [0.25, 0.3) is 0 Å². The highest BCUT2D eigenvalue weighted by atomic mass is 16.4. The molecular formula is C6H7NO2. The van der Waals surface area contributed by atoms with Crippen LogP contribution >= 0.6 is 0 Å². The first-order chi connectivity index (χ1) is 4.34. The minimum absolute atomic E-state index is 0.275. The van der Waals surface area contributed by atoms with Crippen molar-refractivity contribution in [1.82, 2.24) is 0 Å². The molecule has 0 radical (unpaired) electrons. The normalized spacial score (nSPS) is 29.4. The van der Waals surface area contributed by atoms with Gasteiger partial charge in [-0.05, 0) is 6.08 Å². The summed E-state index contributed by atoms with van der Waals surface area (Å²) in [7, 11) is 0. The molecule has 3 heteroatoms. The number of rotatable bonds is 0. The van der Waals surface area contributed by atoms with E-state index in [2.05, 4.69) is 5.16 Å². The van der Waals surface area contributed by atoms with Crippen molar-refractivity contribution in [2.24, 2.45) is 5.16 Å². The average Bonchev–Trinajstić information content (AvgIpc) is 1.89. The summed E-state index contributed by atoms with van der Waals surface area (Å²) in [6.07, 6.45) is 5.72. The summed E-state index contributed by atoms with van der Waals surface area (Å²) < 4.78 is 0. The lowest BCUT2D eigenvalue weighted by molar-refractivity contribution is 0.269. The van der Waals surface area contributed by atoms with Crippen LogP contribution in [0.1, 0.15) is 0 Å². The summed E-state index contributed by atoms with van der Waals surface area (Å²) >= 11 is 0. The quantitative estimate of drug-likeness (QED) is 0.361. The third-order valence-corrected chi connectivity index (χ3v) is 1.09. The lowest BCUT2D eigenvalue weighted by atomic mass is 10.1. The van der Waals surface area contributed by atoms with Crippen molar-refractivity contribution in [3.63, 3.8) is 0 Å². The maximum Gasteiger partial charge on any atom is 0.118 e. The van der Waals surface area contributed by atoms with Crippen LogP contribution in [0.15, 0.2) is 29.5 Å². The Kier molecular flexibility index (Phi) is 1.65. The maximum absolute atomic E-state index is 8.94. The number of aliphatic hydroxyl groups excluding tert-OH is 1. The highest BCUT2D eigenvalue weighted by Gasteiger charge is 2.07. The topological polar surface area (TPSA) is 52.8 Å². The summed E-state index contributed by atoms with van der Waals surface area (Å²) in [5.74, 6) is 0. The highest BCUT2D eigenvalue weighted by Crippen LogP contribution is 1.99. The second kappa shape index (κ2) is 2.46. The molecule has 1 unspecified atom stereocenters. The number of oxime groups is 1. The van der Waals surface area contributed by atoms with Crippen LogP contribution in [0.3, 0.4) is 0 Å². The molecule has 0 aromatic heterocycles.